The quantitative estimate of drug-likeness (QED) is 0.223. The van der Waals surface area contributed by atoms with Gasteiger partial charge in [-0.1, -0.05) is 38.7 Å². The first-order valence-corrected chi connectivity index (χ1v) is 14.8. The van der Waals surface area contributed by atoms with Gasteiger partial charge in [-0.2, -0.15) is 5.10 Å². The Morgan fingerprint density at radius 1 is 0.976 bits per heavy atom. The first-order chi connectivity index (χ1) is 20.1. The maximum Gasteiger partial charge on any atom is 0.181 e. The van der Waals surface area contributed by atoms with Gasteiger partial charge in [-0.3, -0.25) is 10.1 Å². The number of likely N-dealkylation sites (N-methyl/N-ethyl adjacent to an activating group) is 1. The van der Waals surface area contributed by atoms with Crippen LogP contribution < -0.4 is 10.2 Å². The summed E-state index contributed by atoms with van der Waals surface area (Å²) in [5.41, 5.74) is 7.64. The summed E-state index contributed by atoms with van der Waals surface area (Å²) in [5, 5.41) is 13.3. The fourth-order valence-corrected chi connectivity index (χ4v) is 6.37. The molecule has 41 heavy (non-hydrogen) atoms. The third kappa shape index (κ3) is 5.29. The van der Waals surface area contributed by atoms with Gasteiger partial charge in [0.2, 0.25) is 0 Å². The highest BCUT2D eigenvalue weighted by Crippen LogP contribution is 2.34. The Morgan fingerprint density at radius 2 is 1.80 bits per heavy atom. The summed E-state index contributed by atoms with van der Waals surface area (Å²) in [6.07, 6.45) is 15.2. The number of nitrogens with zero attached hydrogens (tertiary/aromatic N) is 6. The lowest BCUT2D eigenvalue weighted by Crippen LogP contribution is -2.44. The number of nitrogens with one attached hydrogen (secondary N) is 3. The molecule has 0 unspecified atom stereocenters. The van der Waals surface area contributed by atoms with Crippen LogP contribution in [-0.2, 0) is 0 Å². The number of hydrogen-bond acceptors (Lipinski definition) is 7. The second-order valence-electron chi connectivity index (χ2n) is 11.7. The molecule has 9 heteroatoms. The van der Waals surface area contributed by atoms with Crippen molar-refractivity contribution in [2.45, 2.75) is 38.5 Å². The zero-order valence-corrected chi connectivity index (χ0v) is 23.7. The predicted molar refractivity (Wildman–Crippen MR) is 166 cm³/mol. The van der Waals surface area contributed by atoms with E-state index < -0.39 is 0 Å². The summed E-state index contributed by atoms with van der Waals surface area (Å²) < 4.78 is 0. The molecule has 5 aromatic rings. The molecule has 0 spiro atoms. The lowest BCUT2D eigenvalue weighted by Gasteiger charge is -2.33. The summed E-state index contributed by atoms with van der Waals surface area (Å²) in [7, 11) is 2.17. The second kappa shape index (κ2) is 11.0. The van der Waals surface area contributed by atoms with E-state index in [2.05, 4.69) is 72.1 Å². The van der Waals surface area contributed by atoms with Crippen molar-refractivity contribution in [3.05, 3.63) is 61.3 Å². The molecule has 0 bridgehead atoms. The summed E-state index contributed by atoms with van der Waals surface area (Å²) in [6, 6.07) is 8.48. The van der Waals surface area contributed by atoms with E-state index in [1.165, 1.54) is 32.1 Å². The molecular formula is C32H37N9. The Morgan fingerprint density at radius 3 is 2.66 bits per heavy atom. The van der Waals surface area contributed by atoms with Gasteiger partial charge in [-0.05, 0) is 43.7 Å². The highest BCUT2D eigenvalue weighted by molar-refractivity contribution is 5.99. The van der Waals surface area contributed by atoms with Gasteiger partial charge < -0.3 is 20.1 Å². The van der Waals surface area contributed by atoms with Crippen LogP contribution in [0.3, 0.4) is 0 Å². The SMILES string of the molecule is C=C(CC1CCCCC1)Nc1cncc(-c2cnc3n[nH]c(-c4cc5c(N6CCN(C)CC6)nccc5[nH]4)c3c2)c1. The van der Waals surface area contributed by atoms with Crippen LogP contribution in [0.1, 0.15) is 38.5 Å². The van der Waals surface area contributed by atoms with Crippen LogP contribution in [0.15, 0.2) is 61.3 Å². The third-order valence-corrected chi connectivity index (χ3v) is 8.66. The van der Waals surface area contributed by atoms with Crippen molar-refractivity contribution in [3.63, 3.8) is 0 Å². The number of allylic oxidation sites excluding steroid dienone is 1. The lowest BCUT2D eigenvalue weighted by atomic mass is 9.86. The van der Waals surface area contributed by atoms with Crippen molar-refractivity contribution in [2.75, 3.05) is 43.4 Å². The van der Waals surface area contributed by atoms with E-state index >= 15 is 0 Å². The zero-order chi connectivity index (χ0) is 27.8. The van der Waals surface area contributed by atoms with Crippen LogP contribution in [0.5, 0.6) is 0 Å². The Balaban J connectivity index is 1.16. The molecule has 9 nitrogen and oxygen atoms in total. The van der Waals surface area contributed by atoms with E-state index in [0.29, 0.717) is 5.65 Å². The van der Waals surface area contributed by atoms with Gasteiger partial charge in [-0.25, -0.2) is 9.97 Å². The average Bonchev–Trinajstić information content (AvgIpc) is 3.62. The predicted octanol–water partition coefficient (Wildman–Crippen LogP) is 6.21. The molecule has 7 rings (SSSR count). The number of pyridine rings is 3. The van der Waals surface area contributed by atoms with Gasteiger partial charge in [0, 0.05) is 72.4 Å². The van der Waals surface area contributed by atoms with Crippen LogP contribution in [-0.4, -0.2) is 68.3 Å². The van der Waals surface area contributed by atoms with E-state index in [4.69, 9.17) is 4.98 Å². The van der Waals surface area contributed by atoms with E-state index in [1.54, 1.807) is 0 Å². The number of aromatic amines is 2. The number of anilines is 2. The Kier molecular flexibility index (Phi) is 6.88. The Labute approximate surface area is 240 Å². The number of H-pyrrole nitrogens is 2. The van der Waals surface area contributed by atoms with Crippen molar-refractivity contribution in [1.82, 2.24) is 35.0 Å². The number of aromatic nitrogens is 6. The van der Waals surface area contributed by atoms with Crippen LogP contribution in [0.4, 0.5) is 11.5 Å². The fourth-order valence-electron chi connectivity index (χ4n) is 6.37. The van der Waals surface area contributed by atoms with E-state index in [1.807, 2.05) is 30.9 Å². The summed E-state index contributed by atoms with van der Waals surface area (Å²) in [5.74, 6) is 1.77. The molecule has 0 amide bonds. The van der Waals surface area contributed by atoms with Gasteiger partial charge in [0.25, 0.3) is 0 Å². The maximum absolute atomic E-state index is 4.76. The fraction of sp³-hybridized carbons (Fsp3) is 0.375. The van der Waals surface area contributed by atoms with Gasteiger partial charge in [-0.15, -0.1) is 0 Å². The lowest BCUT2D eigenvalue weighted by molar-refractivity contribution is 0.312. The Bertz CT molecular complexity index is 1690. The molecule has 1 saturated carbocycles. The highest BCUT2D eigenvalue weighted by Gasteiger charge is 2.20. The molecule has 1 saturated heterocycles. The molecule has 0 radical (unpaired) electrons. The summed E-state index contributed by atoms with van der Waals surface area (Å²) in [6.45, 7) is 8.32. The van der Waals surface area contributed by atoms with Crippen molar-refractivity contribution in [3.8, 4) is 22.5 Å². The largest absolute Gasteiger partial charge is 0.358 e. The standard InChI is InChI=1S/C32H37N9/c1-21(14-22-6-4-3-5-7-22)36-25-15-23(18-33-20-25)24-16-27-30(38-39-31(27)35-19-24)29-17-26-28(37-29)8-9-34-32(26)41-12-10-40(2)11-13-41/h8-9,15-20,22,36-37H,1,3-7,10-14H2,2H3,(H,35,38,39). The van der Waals surface area contributed by atoms with Gasteiger partial charge in [0.1, 0.15) is 5.82 Å². The highest BCUT2D eigenvalue weighted by atomic mass is 15.3. The molecule has 2 aliphatic rings. The van der Waals surface area contributed by atoms with Crippen molar-refractivity contribution in [1.29, 1.82) is 0 Å². The summed E-state index contributed by atoms with van der Waals surface area (Å²) >= 11 is 0. The first kappa shape index (κ1) is 25.7. The minimum atomic E-state index is 0.683. The van der Waals surface area contributed by atoms with E-state index in [0.717, 1.165) is 94.5 Å². The van der Waals surface area contributed by atoms with Crippen LogP contribution in [0.25, 0.3) is 44.5 Å². The van der Waals surface area contributed by atoms with Gasteiger partial charge in [0.05, 0.1) is 28.8 Å². The van der Waals surface area contributed by atoms with E-state index in [-0.39, 0.29) is 0 Å². The van der Waals surface area contributed by atoms with Crippen LogP contribution >= 0.6 is 0 Å². The number of rotatable bonds is 7. The molecule has 3 N–H and O–H groups in total. The molecule has 210 valence electrons. The van der Waals surface area contributed by atoms with E-state index in [9.17, 15) is 0 Å². The maximum atomic E-state index is 4.76. The minimum absolute atomic E-state index is 0.683. The van der Waals surface area contributed by atoms with Crippen molar-refractivity contribution in [2.24, 2.45) is 5.92 Å². The van der Waals surface area contributed by atoms with Crippen LogP contribution in [0.2, 0.25) is 0 Å². The minimum Gasteiger partial charge on any atom is -0.358 e. The Hall–Kier alpha value is -4.24. The smallest absolute Gasteiger partial charge is 0.181 e. The second-order valence-corrected chi connectivity index (χ2v) is 11.7. The molecule has 6 heterocycles. The van der Waals surface area contributed by atoms with Crippen LogP contribution in [0, 0.1) is 5.92 Å². The third-order valence-electron chi connectivity index (χ3n) is 8.66. The summed E-state index contributed by atoms with van der Waals surface area (Å²) in [4.78, 5) is 22.3. The number of fused-ring (bicyclic) bond motifs is 2. The van der Waals surface area contributed by atoms with Gasteiger partial charge in [0.15, 0.2) is 5.65 Å². The molecule has 0 atom stereocenters. The van der Waals surface area contributed by atoms with Gasteiger partial charge >= 0.3 is 0 Å². The monoisotopic (exact) mass is 547 g/mol. The first-order valence-electron chi connectivity index (χ1n) is 14.8. The topological polar surface area (TPSA) is 102 Å². The molecule has 0 aromatic carbocycles. The zero-order valence-electron chi connectivity index (χ0n) is 23.7. The van der Waals surface area contributed by atoms with Crippen molar-refractivity contribution < 1.29 is 0 Å². The molecule has 1 aliphatic carbocycles. The number of piperazine rings is 1. The van der Waals surface area contributed by atoms with Crippen molar-refractivity contribution >= 4 is 33.4 Å². The normalized spacial score (nSPS) is 17.0. The molecular weight excluding hydrogens is 510 g/mol. The molecule has 1 aliphatic heterocycles. The average molecular weight is 548 g/mol. The number of hydrogen-bond donors (Lipinski definition) is 3. The molecule has 5 aromatic heterocycles. The molecule has 2 fully saturated rings.